The molecule has 11 nitrogen and oxygen atoms in total. The van der Waals surface area contributed by atoms with Gasteiger partial charge in [0.05, 0.1) is 32.9 Å². The minimum Gasteiger partial charge on any atom is -0.491 e. The van der Waals surface area contributed by atoms with Crippen LogP contribution in [0, 0.1) is 0 Å². The number of aliphatic hydroxyl groups excluding tert-OH is 2. The SMILES string of the molecule is O=S(=O)(c1cnc(Cl)c(Br)c1)N1CCC2(CC1)C[C@@H](NC[C@H](O)COc1cccc(S(=O)(=O)C3(CO)CC3)c1)CO2. The highest BCUT2D eigenvalue weighted by Crippen LogP contribution is 2.46. The van der Waals surface area contributed by atoms with Crippen molar-refractivity contribution in [2.75, 3.05) is 39.5 Å². The summed E-state index contributed by atoms with van der Waals surface area (Å²) in [6, 6.07) is 7.56. The topological polar surface area (TPSA) is 155 Å². The molecule has 15 heteroatoms. The molecule has 3 fully saturated rings. The van der Waals surface area contributed by atoms with E-state index in [2.05, 4.69) is 26.2 Å². The number of aromatic nitrogens is 1. The largest absolute Gasteiger partial charge is 0.491 e. The Balaban J connectivity index is 1.08. The monoisotopic (exact) mass is 693 g/mol. The van der Waals surface area contributed by atoms with Crippen LogP contribution in [0.2, 0.25) is 5.15 Å². The summed E-state index contributed by atoms with van der Waals surface area (Å²) < 4.78 is 64.4. The zero-order valence-corrected chi connectivity index (χ0v) is 26.2. The van der Waals surface area contributed by atoms with Crippen LogP contribution >= 0.6 is 27.5 Å². The van der Waals surface area contributed by atoms with E-state index in [1.54, 1.807) is 12.1 Å². The number of nitrogens with one attached hydrogen (secondary N) is 1. The first kappa shape index (κ1) is 31.1. The van der Waals surface area contributed by atoms with Crippen LogP contribution in [0.3, 0.4) is 0 Å². The molecule has 0 unspecified atom stereocenters. The van der Waals surface area contributed by atoms with Gasteiger partial charge in [0.1, 0.15) is 28.5 Å². The molecule has 226 valence electrons. The van der Waals surface area contributed by atoms with Gasteiger partial charge in [-0.1, -0.05) is 17.7 Å². The van der Waals surface area contributed by atoms with Gasteiger partial charge < -0.3 is 25.0 Å². The van der Waals surface area contributed by atoms with Crippen molar-refractivity contribution in [3.05, 3.63) is 46.2 Å². The Morgan fingerprint density at radius 3 is 2.56 bits per heavy atom. The van der Waals surface area contributed by atoms with E-state index < -0.39 is 42.9 Å². The molecule has 0 radical (unpaired) electrons. The third-order valence-electron chi connectivity index (χ3n) is 8.12. The number of rotatable bonds is 11. The number of benzene rings is 1. The Bertz CT molecular complexity index is 1480. The molecule has 1 aliphatic carbocycles. The molecular formula is C26H33BrClN3O8S2. The van der Waals surface area contributed by atoms with Crippen molar-refractivity contribution in [1.29, 1.82) is 0 Å². The second-order valence-electron chi connectivity index (χ2n) is 10.9. The lowest BCUT2D eigenvalue weighted by molar-refractivity contribution is -0.0312. The molecule has 2 aromatic rings. The molecule has 0 bridgehead atoms. The summed E-state index contributed by atoms with van der Waals surface area (Å²) in [5.74, 6) is 0.325. The highest BCUT2D eigenvalue weighted by Gasteiger charge is 2.54. The number of nitrogens with zero attached hydrogens (tertiary/aromatic N) is 2. The lowest BCUT2D eigenvalue weighted by atomic mass is 9.88. The molecule has 3 aliphatic rings. The van der Waals surface area contributed by atoms with Crippen molar-refractivity contribution < 1.29 is 36.5 Å². The van der Waals surface area contributed by atoms with Gasteiger partial charge in [-0.3, -0.25) is 0 Å². The Labute approximate surface area is 253 Å². The molecule has 5 rings (SSSR count). The van der Waals surface area contributed by atoms with Crippen molar-refractivity contribution in [1.82, 2.24) is 14.6 Å². The van der Waals surface area contributed by atoms with Gasteiger partial charge in [0.2, 0.25) is 10.0 Å². The van der Waals surface area contributed by atoms with Crippen LogP contribution < -0.4 is 10.1 Å². The van der Waals surface area contributed by atoms with E-state index in [4.69, 9.17) is 21.1 Å². The van der Waals surface area contributed by atoms with Crippen LogP contribution in [0.5, 0.6) is 5.75 Å². The highest BCUT2D eigenvalue weighted by atomic mass is 79.9. The summed E-state index contributed by atoms with van der Waals surface area (Å²) >= 11 is 9.13. The molecule has 1 spiro atoms. The Morgan fingerprint density at radius 2 is 1.90 bits per heavy atom. The fourth-order valence-electron chi connectivity index (χ4n) is 5.34. The van der Waals surface area contributed by atoms with Crippen LogP contribution in [0.1, 0.15) is 32.1 Å². The minimum absolute atomic E-state index is 0.00842. The smallest absolute Gasteiger partial charge is 0.244 e. The zero-order valence-electron chi connectivity index (χ0n) is 22.2. The van der Waals surface area contributed by atoms with Crippen molar-refractivity contribution in [3.8, 4) is 5.75 Å². The Kier molecular flexibility index (Phi) is 9.07. The molecule has 1 aromatic heterocycles. The lowest BCUT2D eigenvalue weighted by Crippen LogP contribution is -2.47. The van der Waals surface area contributed by atoms with Crippen LogP contribution in [-0.2, 0) is 24.6 Å². The molecule has 1 aromatic carbocycles. The number of aliphatic hydroxyl groups is 2. The van der Waals surface area contributed by atoms with Gasteiger partial charge in [-0.25, -0.2) is 21.8 Å². The number of sulfone groups is 1. The second-order valence-corrected chi connectivity index (χ2v) is 16.4. The number of piperidine rings is 1. The van der Waals surface area contributed by atoms with Crippen molar-refractivity contribution >= 4 is 47.4 Å². The average Bonchev–Trinajstić information content (AvgIpc) is 3.69. The molecule has 2 saturated heterocycles. The lowest BCUT2D eigenvalue weighted by Gasteiger charge is -2.38. The summed E-state index contributed by atoms with van der Waals surface area (Å²) in [4.78, 5) is 4.11. The summed E-state index contributed by atoms with van der Waals surface area (Å²) in [5, 5.41) is 23.5. The van der Waals surface area contributed by atoms with Crippen molar-refractivity contribution in [2.45, 2.75) is 64.4 Å². The van der Waals surface area contributed by atoms with E-state index >= 15 is 0 Å². The van der Waals surface area contributed by atoms with E-state index in [1.807, 2.05) is 0 Å². The molecule has 0 amide bonds. The minimum atomic E-state index is -3.71. The van der Waals surface area contributed by atoms with E-state index in [-0.39, 0.29) is 34.1 Å². The van der Waals surface area contributed by atoms with Crippen molar-refractivity contribution in [2.24, 2.45) is 0 Å². The van der Waals surface area contributed by atoms with Crippen LogP contribution in [0.25, 0.3) is 0 Å². The summed E-state index contributed by atoms with van der Waals surface area (Å²) in [7, 11) is -7.38. The third kappa shape index (κ3) is 6.46. The quantitative estimate of drug-likeness (QED) is 0.298. The summed E-state index contributed by atoms with van der Waals surface area (Å²) in [6.45, 7) is 0.881. The number of halogens is 2. The van der Waals surface area contributed by atoms with Gasteiger partial charge in [-0.2, -0.15) is 4.31 Å². The predicted octanol–water partition coefficient (Wildman–Crippen LogP) is 2.14. The maximum atomic E-state index is 13.1. The van der Waals surface area contributed by atoms with E-state index in [0.717, 1.165) is 0 Å². The van der Waals surface area contributed by atoms with E-state index in [0.29, 0.717) is 62.0 Å². The Morgan fingerprint density at radius 1 is 1.17 bits per heavy atom. The zero-order chi connectivity index (χ0) is 29.5. The number of ether oxygens (including phenoxy) is 2. The maximum Gasteiger partial charge on any atom is 0.244 e. The fourth-order valence-corrected chi connectivity index (χ4v) is 9.19. The van der Waals surface area contributed by atoms with Gasteiger partial charge >= 0.3 is 0 Å². The molecule has 2 atom stereocenters. The number of hydrogen-bond acceptors (Lipinski definition) is 10. The van der Waals surface area contributed by atoms with Gasteiger partial charge in [0.25, 0.3) is 0 Å². The first-order valence-corrected chi connectivity index (χ1v) is 17.4. The standard InChI is InChI=1S/C26H33BrClN3O8S2/c27-23-11-22(14-30-24(23)28)41(36,37)31-8-6-25(7-9-31)12-18(15-39-25)29-13-19(33)16-38-20-2-1-3-21(10-20)40(34,35)26(17-32)4-5-26/h1-3,10-11,14,18-19,29,32-33H,4-9,12-13,15-17H2/t18-,19+/m1/s1. The normalized spacial score (nSPS) is 23.0. The molecular weight excluding hydrogens is 662 g/mol. The molecule has 1 saturated carbocycles. The molecule has 2 aliphatic heterocycles. The number of hydrogen-bond donors (Lipinski definition) is 3. The number of sulfonamides is 1. The summed E-state index contributed by atoms with van der Waals surface area (Å²) in [5.41, 5.74) is -0.427. The van der Waals surface area contributed by atoms with Crippen LogP contribution in [0.15, 0.2) is 50.8 Å². The van der Waals surface area contributed by atoms with Crippen LogP contribution in [0.4, 0.5) is 0 Å². The van der Waals surface area contributed by atoms with Gasteiger partial charge in [-0.05, 0) is 72.3 Å². The second kappa shape index (κ2) is 12.0. The average molecular weight is 695 g/mol. The first-order chi connectivity index (χ1) is 19.4. The number of pyridine rings is 1. The predicted molar refractivity (Wildman–Crippen MR) is 154 cm³/mol. The van der Waals surface area contributed by atoms with Gasteiger partial charge in [-0.15, -0.1) is 0 Å². The van der Waals surface area contributed by atoms with Crippen LogP contribution in [-0.4, -0.2) is 98.3 Å². The molecule has 41 heavy (non-hydrogen) atoms. The molecule has 3 heterocycles. The van der Waals surface area contributed by atoms with Gasteiger partial charge in [0, 0.05) is 31.9 Å². The van der Waals surface area contributed by atoms with E-state index in [9.17, 15) is 27.0 Å². The van der Waals surface area contributed by atoms with Gasteiger partial charge in [0.15, 0.2) is 9.84 Å². The Hall–Kier alpha value is -1.36. The summed E-state index contributed by atoms with van der Waals surface area (Å²) in [6.07, 6.45) is 3.07. The maximum absolute atomic E-state index is 13.1. The fraction of sp³-hybridized carbons (Fsp3) is 0.577. The van der Waals surface area contributed by atoms with Crippen molar-refractivity contribution in [3.63, 3.8) is 0 Å². The van der Waals surface area contributed by atoms with E-state index in [1.165, 1.54) is 28.7 Å². The molecule has 3 N–H and O–H groups in total. The first-order valence-electron chi connectivity index (χ1n) is 13.3. The third-order valence-corrected chi connectivity index (χ3v) is 13.7. The highest BCUT2D eigenvalue weighted by molar-refractivity contribution is 9.10.